The fourth-order valence-electron chi connectivity index (χ4n) is 3.43. The quantitative estimate of drug-likeness (QED) is 0.819. The molecule has 2 atom stereocenters. The summed E-state index contributed by atoms with van der Waals surface area (Å²) in [6, 6.07) is 1.17. The highest BCUT2D eigenvalue weighted by Crippen LogP contribution is 2.32. The molecule has 136 valence electrons. The van der Waals surface area contributed by atoms with Crippen LogP contribution in [0.5, 0.6) is 0 Å². The minimum Gasteiger partial charge on any atom is -0.466 e. The molecular formula is C17H23N3O5. The lowest BCUT2D eigenvalue weighted by Crippen LogP contribution is -2.49. The van der Waals surface area contributed by atoms with Crippen LogP contribution in [0.25, 0.3) is 0 Å². The third-order valence-electron chi connectivity index (χ3n) is 4.74. The maximum atomic E-state index is 12.9. The highest BCUT2D eigenvalue weighted by atomic mass is 16.5. The van der Waals surface area contributed by atoms with E-state index in [2.05, 4.69) is 5.32 Å². The van der Waals surface area contributed by atoms with Crippen LogP contribution in [0.2, 0.25) is 0 Å². The molecule has 2 aliphatic rings. The lowest BCUT2D eigenvalue weighted by atomic mass is 9.92. The molecule has 2 fully saturated rings. The highest BCUT2D eigenvalue weighted by molar-refractivity contribution is 6.09. The SMILES string of the molecule is Cc1cc([C@]2(C)NC(=O)N(CC(=O)N3CCO[C@@H](C)C3)C2=O)c(C)o1. The fraction of sp³-hybridized carbons (Fsp3) is 0.588. The van der Waals surface area contributed by atoms with Gasteiger partial charge in [0.1, 0.15) is 23.6 Å². The number of furan rings is 1. The molecule has 2 aliphatic heterocycles. The molecule has 0 saturated carbocycles. The molecule has 3 heterocycles. The van der Waals surface area contributed by atoms with Crippen LogP contribution in [0.15, 0.2) is 10.5 Å². The number of imide groups is 1. The molecule has 1 aromatic rings. The van der Waals surface area contributed by atoms with Crippen LogP contribution in [-0.4, -0.2) is 60.0 Å². The van der Waals surface area contributed by atoms with Gasteiger partial charge in [-0.25, -0.2) is 4.79 Å². The normalized spacial score (nSPS) is 27.0. The first-order valence-corrected chi connectivity index (χ1v) is 8.33. The number of carbonyl (C=O) groups excluding carboxylic acids is 3. The first kappa shape index (κ1) is 17.5. The van der Waals surface area contributed by atoms with E-state index in [0.717, 1.165) is 4.90 Å². The average Bonchev–Trinajstić information content (AvgIpc) is 2.99. The van der Waals surface area contributed by atoms with Gasteiger partial charge in [0.15, 0.2) is 0 Å². The van der Waals surface area contributed by atoms with Crippen LogP contribution in [0.3, 0.4) is 0 Å². The van der Waals surface area contributed by atoms with E-state index < -0.39 is 17.5 Å². The Kier molecular flexibility index (Phi) is 4.32. The molecule has 0 aliphatic carbocycles. The lowest BCUT2D eigenvalue weighted by Gasteiger charge is -2.32. The van der Waals surface area contributed by atoms with Gasteiger partial charge in [-0.05, 0) is 33.8 Å². The third kappa shape index (κ3) is 3.02. The number of aryl methyl sites for hydroxylation is 2. The van der Waals surface area contributed by atoms with Crippen molar-refractivity contribution in [2.24, 2.45) is 0 Å². The van der Waals surface area contributed by atoms with E-state index in [1.807, 2.05) is 6.92 Å². The van der Waals surface area contributed by atoms with Crippen LogP contribution in [0, 0.1) is 13.8 Å². The van der Waals surface area contributed by atoms with Gasteiger partial charge in [0.05, 0.1) is 12.7 Å². The number of morpholine rings is 1. The molecule has 0 spiro atoms. The van der Waals surface area contributed by atoms with Gasteiger partial charge in [-0.3, -0.25) is 14.5 Å². The van der Waals surface area contributed by atoms with Crippen LogP contribution in [0.4, 0.5) is 4.79 Å². The largest absolute Gasteiger partial charge is 0.466 e. The number of nitrogens with zero attached hydrogens (tertiary/aromatic N) is 2. The second-order valence-electron chi connectivity index (χ2n) is 6.79. The molecule has 3 rings (SSSR count). The van der Waals surface area contributed by atoms with E-state index in [1.54, 1.807) is 31.7 Å². The zero-order chi connectivity index (χ0) is 18.4. The minimum atomic E-state index is -1.22. The summed E-state index contributed by atoms with van der Waals surface area (Å²) >= 11 is 0. The Morgan fingerprint density at radius 2 is 2.12 bits per heavy atom. The Balaban J connectivity index is 1.77. The van der Waals surface area contributed by atoms with Crippen molar-refractivity contribution in [1.29, 1.82) is 0 Å². The Hall–Kier alpha value is -2.35. The Morgan fingerprint density at radius 3 is 2.72 bits per heavy atom. The molecule has 0 radical (unpaired) electrons. The smallest absolute Gasteiger partial charge is 0.325 e. The number of urea groups is 1. The number of nitrogens with one attached hydrogen (secondary N) is 1. The Bertz CT molecular complexity index is 728. The van der Waals surface area contributed by atoms with Gasteiger partial charge in [-0.1, -0.05) is 0 Å². The van der Waals surface area contributed by atoms with Gasteiger partial charge in [0, 0.05) is 18.7 Å². The summed E-state index contributed by atoms with van der Waals surface area (Å²) in [5.74, 6) is 0.524. The van der Waals surface area contributed by atoms with Gasteiger partial charge in [0.2, 0.25) is 5.91 Å². The molecule has 8 nitrogen and oxygen atoms in total. The topological polar surface area (TPSA) is 92.1 Å². The molecule has 8 heteroatoms. The van der Waals surface area contributed by atoms with Crippen molar-refractivity contribution in [3.63, 3.8) is 0 Å². The minimum absolute atomic E-state index is 0.0531. The van der Waals surface area contributed by atoms with Gasteiger partial charge < -0.3 is 19.4 Å². The fourth-order valence-corrected chi connectivity index (χ4v) is 3.43. The van der Waals surface area contributed by atoms with Gasteiger partial charge >= 0.3 is 6.03 Å². The van der Waals surface area contributed by atoms with Crippen molar-refractivity contribution >= 4 is 17.8 Å². The van der Waals surface area contributed by atoms with E-state index in [4.69, 9.17) is 9.15 Å². The standard InChI is InChI=1S/C17H23N3O5/c1-10-7-13(12(3)25-10)17(4)15(22)20(16(23)18-17)9-14(21)19-5-6-24-11(2)8-19/h7,11H,5-6,8-9H2,1-4H3,(H,18,23)/t11-,17-/m0/s1. The monoisotopic (exact) mass is 349 g/mol. The number of amides is 4. The first-order chi connectivity index (χ1) is 11.7. The van der Waals surface area contributed by atoms with Crippen molar-refractivity contribution in [1.82, 2.24) is 15.1 Å². The van der Waals surface area contributed by atoms with E-state index in [1.165, 1.54) is 0 Å². The van der Waals surface area contributed by atoms with Crippen LogP contribution < -0.4 is 5.32 Å². The van der Waals surface area contributed by atoms with Gasteiger partial charge in [0.25, 0.3) is 5.91 Å². The molecule has 2 saturated heterocycles. The summed E-state index contributed by atoms with van der Waals surface area (Å²) in [6.07, 6.45) is -0.0531. The number of rotatable bonds is 3. The lowest BCUT2D eigenvalue weighted by molar-refractivity contribution is -0.143. The summed E-state index contributed by atoms with van der Waals surface area (Å²) in [4.78, 5) is 40.3. The summed E-state index contributed by atoms with van der Waals surface area (Å²) in [6.45, 7) is 8.14. The molecule has 1 aromatic heterocycles. The predicted octanol–water partition coefficient (Wildman–Crippen LogP) is 0.911. The molecule has 25 heavy (non-hydrogen) atoms. The van der Waals surface area contributed by atoms with E-state index in [0.29, 0.717) is 36.8 Å². The van der Waals surface area contributed by atoms with Crippen molar-refractivity contribution in [3.8, 4) is 0 Å². The second-order valence-corrected chi connectivity index (χ2v) is 6.79. The summed E-state index contributed by atoms with van der Waals surface area (Å²) in [7, 11) is 0. The summed E-state index contributed by atoms with van der Waals surface area (Å²) < 4.78 is 10.9. The Morgan fingerprint density at radius 1 is 1.40 bits per heavy atom. The van der Waals surface area contributed by atoms with Crippen molar-refractivity contribution in [3.05, 3.63) is 23.2 Å². The Labute approximate surface area is 146 Å². The summed E-state index contributed by atoms with van der Waals surface area (Å²) in [5, 5.41) is 2.70. The third-order valence-corrected chi connectivity index (χ3v) is 4.74. The number of carbonyl (C=O) groups is 3. The highest BCUT2D eigenvalue weighted by Gasteiger charge is 2.51. The molecule has 4 amide bonds. The van der Waals surface area contributed by atoms with Gasteiger partial charge in [-0.2, -0.15) is 0 Å². The van der Waals surface area contributed by atoms with Crippen LogP contribution >= 0.6 is 0 Å². The van der Waals surface area contributed by atoms with E-state index in [9.17, 15) is 14.4 Å². The van der Waals surface area contributed by atoms with Crippen molar-refractivity contribution < 1.29 is 23.5 Å². The van der Waals surface area contributed by atoms with Crippen molar-refractivity contribution in [2.45, 2.75) is 39.3 Å². The maximum absolute atomic E-state index is 12.9. The number of ether oxygens (including phenoxy) is 1. The maximum Gasteiger partial charge on any atom is 0.325 e. The molecule has 0 bridgehead atoms. The van der Waals surface area contributed by atoms with Crippen molar-refractivity contribution in [2.75, 3.05) is 26.2 Å². The molecule has 0 aromatic carbocycles. The van der Waals surface area contributed by atoms with E-state index >= 15 is 0 Å². The second kappa shape index (κ2) is 6.18. The summed E-state index contributed by atoms with van der Waals surface area (Å²) in [5.41, 5.74) is -0.615. The average molecular weight is 349 g/mol. The number of hydrogen-bond donors (Lipinski definition) is 1. The van der Waals surface area contributed by atoms with E-state index in [-0.39, 0.29) is 18.6 Å². The number of hydrogen-bond acceptors (Lipinski definition) is 5. The molecule has 1 N–H and O–H groups in total. The van der Waals surface area contributed by atoms with Crippen LogP contribution in [0.1, 0.15) is 30.9 Å². The zero-order valence-electron chi connectivity index (χ0n) is 14.9. The first-order valence-electron chi connectivity index (χ1n) is 8.33. The van der Waals surface area contributed by atoms with Crippen LogP contribution in [-0.2, 0) is 19.9 Å². The zero-order valence-corrected chi connectivity index (χ0v) is 14.9. The molecule has 0 unspecified atom stereocenters. The molecular weight excluding hydrogens is 326 g/mol. The predicted molar refractivity (Wildman–Crippen MR) is 87.8 cm³/mol. The van der Waals surface area contributed by atoms with Gasteiger partial charge in [-0.15, -0.1) is 0 Å².